The number of ether oxygens (including phenoxy) is 1. The minimum atomic E-state index is -0.533. The number of nitrogens with zero attached hydrogens (tertiary/aromatic N) is 4. The predicted molar refractivity (Wildman–Crippen MR) is 115 cm³/mol. The van der Waals surface area contributed by atoms with Gasteiger partial charge in [-0.2, -0.15) is 9.78 Å². The fourth-order valence-corrected chi connectivity index (χ4v) is 3.06. The summed E-state index contributed by atoms with van der Waals surface area (Å²) in [4.78, 5) is 28.2. The second kappa shape index (κ2) is 8.78. The summed E-state index contributed by atoms with van der Waals surface area (Å²) in [5.74, 6) is 0.622. The SMILES string of the molecule is C=CCOc1ccc(C=Nn2c(CC)nc3ccc(Br)cc3c2=O)cc1[N+](=O)[O-]. The summed E-state index contributed by atoms with van der Waals surface area (Å²) in [6.45, 7) is 5.55. The number of hydrogen-bond acceptors (Lipinski definition) is 6. The molecule has 0 fully saturated rings. The highest BCUT2D eigenvalue weighted by Gasteiger charge is 2.15. The lowest BCUT2D eigenvalue weighted by Gasteiger charge is -2.08. The molecule has 0 aliphatic carbocycles. The topological polar surface area (TPSA) is 99.6 Å². The van der Waals surface area contributed by atoms with E-state index in [2.05, 4.69) is 32.6 Å². The van der Waals surface area contributed by atoms with Crippen molar-refractivity contribution in [1.29, 1.82) is 0 Å². The summed E-state index contributed by atoms with van der Waals surface area (Å²) >= 11 is 3.35. The van der Waals surface area contributed by atoms with Crippen LogP contribution in [0.25, 0.3) is 10.9 Å². The second-order valence-electron chi connectivity index (χ2n) is 5.99. The maximum Gasteiger partial charge on any atom is 0.311 e. The molecule has 0 aliphatic heterocycles. The number of aromatic nitrogens is 2. The average molecular weight is 457 g/mol. The lowest BCUT2D eigenvalue weighted by molar-refractivity contribution is -0.385. The first-order valence-electron chi connectivity index (χ1n) is 8.72. The van der Waals surface area contributed by atoms with Gasteiger partial charge in [-0.1, -0.05) is 35.5 Å². The van der Waals surface area contributed by atoms with Crippen LogP contribution in [0.15, 0.2) is 63.4 Å². The first kappa shape index (κ1) is 20.4. The molecule has 0 unspecified atom stereocenters. The molecular formula is C20H17BrN4O4. The van der Waals surface area contributed by atoms with Gasteiger partial charge in [-0.25, -0.2) is 4.98 Å². The Balaban J connectivity index is 2.05. The van der Waals surface area contributed by atoms with Gasteiger partial charge >= 0.3 is 5.69 Å². The number of nitro benzene ring substituents is 1. The zero-order valence-corrected chi connectivity index (χ0v) is 17.1. The van der Waals surface area contributed by atoms with Crippen LogP contribution in [0.3, 0.4) is 0 Å². The molecule has 2 aromatic carbocycles. The van der Waals surface area contributed by atoms with E-state index >= 15 is 0 Å². The summed E-state index contributed by atoms with van der Waals surface area (Å²) in [6.07, 6.45) is 3.38. The van der Waals surface area contributed by atoms with Crippen molar-refractivity contribution in [2.75, 3.05) is 6.61 Å². The lowest BCUT2D eigenvalue weighted by atomic mass is 10.2. The van der Waals surface area contributed by atoms with E-state index < -0.39 is 4.92 Å². The van der Waals surface area contributed by atoms with Crippen LogP contribution in [0, 0.1) is 10.1 Å². The van der Waals surface area contributed by atoms with Crippen LogP contribution < -0.4 is 10.3 Å². The molecule has 0 saturated carbocycles. The van der Waals surface area contributed by atoms with Crippen LogP contribution in [-0.2, 0) is 6.42 Å². The highest BCUT2D eigenvalue weighted by Crippen LogP contribution is 2.27. The minimum absolute atomic E-state index is 0.135. The molecule has 3 aromatic rings. The molecule has 0 spiro atoms. The molecule has 1 aromatic heterocycles. The molecule has 9 heteroatoms. The second-order valence-corrected chi connectivity index (χ2v) is 6.90. The Morgan fingerprint density at radius 3 is 2.83 bits per heavy atom. The molecule has 29 heavy (non-hydrogen) atoms. The van der Waals surface area contributed by atoms with Crippen LogP contribution in [0.5, 0.6) is 5.75 Å². The summed E-state index contributed by atoms with van der Waals surface area (Å²) in [6, 6.07) is 9.71. The Kier molecular flexibility index (Phi) is 6.18. The third-order valence-electron chi connectivity index (χ3n) is 4.05. The zero-order chi connectivity index (χ0) is 21.0. The van der Waals surface area contributed by atoms with Gasteiger partial charge in [-0.05, 0) is 30.3 Å². The Morgan fingerprint density at radius 2 is 2.14 bits per heavy atom. The zero-order valence-electron chi connectivity index (χ0n) is 15.5. The number of fused-ring (bicyclic) bond motifs is 1. The van der Waals surface area contributed by atoms with E-state index in [0.717, 1.165) is 4.47 Å². The quantitative estimate of drug-likeness (QED) is 0.231. The van der Waals surface area contributed by atoms with Crippen molar-refractivity contribution in [3.63, 3.8) is 0 Å². The van der Waals surface area contributed by atoms with E-state index in [0.29, 0.717) is 28.7 Å². The molecular weight excluding hydrogens is 440 g/mol. The van der Waals surface area contributed by atoms with Crippen LogP contribution in [-0.4, -0.2) is 27.4 Å². The highest BCUT2D eigenvalue weighted by atomic mass is 79.9. The van der Waals surface area contributed by atoms with Crippen molar-refractivity contribution in [1.82, 2.24) is 9.66 Å². The van der Waals surface area contributed by atoms with Gasteiger partial charge in [0.1, 0.15) is 12.4 Å². The number of hydrogen-bond donors (Lipinski definition) is 0. The normalized spacial score (nSPS) is 11.1. The lowest BCUT2D eigenvalue weighted by Crippen LogP contribution is -2.22. The van der Waals surface area contributed by atoms with E-state index in [1.807, 2.05) is 13.0 Å². The molecule has 148 valence electrons. The van der Waals surface area contributed by atoms with E-state index in [9.17, 15) is 14.9 Å². The van der Waals surface area contributed by atoms with Crippen LogP contribution >= 0.6 is 15.9 Å². The Bertz CT molecular complexity index is 1190. The molecule has 0 N–H and O–H groups in total. The molecule has 8 nitrogen and oxygen atoms in total. The number of nitro groups is 1. The summed E-state index contributed by atoms with van der Waals surface area (Å²) in [7, 11) is 0. The molecule has 1 heterocycles. The van der Waals surface area contributed by atoms with Crippen LogP contribution in [0.2, 0.25) is 0 Å². The molecule has 0 atom stereocenters. The van der Waals surface area contributed by atoms with E-state index in [4.69, 9.17) is 4.74 Å². The Labute approximate surface area is 174 Å². The summed E-state index contributed by atoms with van der Waals surface area (Å²) in [5.41, 5.74) is 0.524. The molecule has 3 rings (SSSR count). The Hall–Kier alpha value is -3.33. The fraction of sp³-hybridized carbons (Fsp3) is 0.150. The number of benzene rings is 2. The molecule has 0 radical (unpaired) electrons. The van der Waals surface area contributed by atoms with E-state index in [-0.39, 0.29) is 23.6 Å². The number of rotatable bonds is 7. The minimum Gasteiger partial charge on any atom is -0.483 e. The van der Waals surface area contributed by atoms with Crippen molar-refractivity contribution >= 4 is 38.7 Å². The maximum absolute atomic E-state index is 12.9. The van der Waals surface area contributed by atoms with Crippen molar-refractivity contribution in [2.24, 2.45) is 5.10 Å². The van der Waals surface area contributed by atoms with Gasteiger partial charge in [-0.3, -0.25) is 14.9 Å². The smallest absolute Gasteiger partial charge is 0.311 e. The maximum atomic E-state index is 12.9. The third-order valence-corrected chi connectivity index (χ3v) is 4.54. The monoisotopic (exact) mass is 456 g/mol. The van der Waals surface area contributed by atoms with Crippen molar-refractivity contribution in [2.45, 2.75) is 13.3 Å². The van der Waals surface area contributed by atoms with Crippen LogP contribution in [0.1, 0.15) is 18.3 Å². The number of halogens is 1. The molecule has 0 amide bonds. The van der Waals surface area contributed by atoms with Gasteiger partial charge in [0.15, 0.2) is 5.75 Å². The largest absolute Gasteiger partial charge is 0.483 e. The van der Waals surface area contributed by atoms with Crippen molar-refractivity contribution in [3.8, 4) is 5.75 Å². The van der Waals surface area contributed by atoms with E-state index in [1.54, 1.807) is 18.2 Å². The summed E-state index contributed by atoms with van der Waals surface area (Å²) < 4.78 is 7.28. The standard InChI is InChI=1S/C20H17BrN4O4/c1-3-9-29-18-8-5-13(10-17(18)25(27)28)12-22-24-19(4-2)23-16-7-6-14(21)11-15(16)20(24)26/h3,5-8,10-12H,1,4,9H2,2H3. The van der Waals surface area contributed by atoms with Gasteiger partial charge in [0.05, 0.1) is 22.0 Å². The first-order valence-corrected chi connectivity index (χ1v) is 9.51. The average Bonchev–Trinajstić information content (AvgIpc) is 2.72. The van der Waals surface area contributed by atoms with Crippen molar-refractivity contribution in [3.05, 3.63) is 85.4 Å². The number of aryl methyl sites for hydroxylation is 1. The summed E-state index contributed by atoms with van der Waals surface area (Å²) in [5, 5.41) is 16.0. The molecule has 0 saturated heterocycles. The van der Waals surface area contributed by atoms with Gasteiger partial charge in [0.25, 0.3) is 5.56 Å². The predicted octanol–water partition coefficient (Wildman–Crippen LogP) is 4.08. The fourth-order valence-electron chi connectivity index (χ4n) is 2.70. The highest BCUT2D eigenvalue weighted by molar-refractivity contribution is 9.10. The molecule has 0 aliphatic rings. The third kappa shape index (κ3) is 4.40. The van der Waals surface area contributed by atoms with Gasteiger partial charge in [0, 0.05) is 22.5 Å². The van der Waals surface area contributed by atoms with Gasteiger partial charge < -0.3 is 4.74 Å². The van der Waals surface area contributed by atoms with E-state index in [1.165, 1.54) is 29.1 Å². The van der Waals surface area contributed by atoms with Gasteiger partial charge in [-0.15, -0.1) is 0 Å². The van der Waals surface area contributed by atoms with Gasteiger partial charge in [0.2, 0.25) is 0 Å². The molecule has 0 bridgehead atoms. The van der Waals surface area contributed by atoms with Crippen LogP contribution in [0.4, 0.5) is 5.69 Å². The van der Waals surface area contributed by atoms with Crippen molar-refractivity contribution < 1.29 is 9.66 Å². The first-order chi connectivity index (χ1) is 13.9. The Morgan fingerprint density at radius 1 is 1.34 bits per heavy atom.